The summed E-state index contributed by atoms with van der Waals surface area (Å²) in [5, 5.41) is 13.0. The summed E-state index contributed by atoms with van der Waals surface area (Å²) in [5.41, 5.74) is 0.599. The van der Waals surface area contributed by atoms with Crippen LogP contribution in [0.3, 0.4) is 0 Å². The number of methoxy groups -OCH3 is 1. The minimum Gasteiger partial charge on any atom is -0.497 e. The van der Waals surface area contributed by atoms with E-state index in [1.165, 1.54) is 30.6 Å². The molecular formula is C15H18FNO2S. The van der Waals surface area contributed by atoms with E-state index in [-0.39, 0.29) is 11.0 Å². The Bertz CT molecular complexity index is 604. The summed E-state index contributed by atoms with van der Waals surface area (Å²) in [4.78, 5) is 4.41. The van der Waals surface area contributed by atoms with Crippen LogP contribution >= 0.6 is 11.3 Å². The fraction of sp³-hybridized carbons (Fsp3) is 0.400. The SMILES string of the molecule is COc1ccc(C(O)c2csc(C(C)(C)C)n2)c(F)c1. The Morgan fingerprint density at radius 3 is 2.55 bits per heavy atom. The maximum atomic E-state index is 13.9. The van der Waals surface area contributed by atoms with Crippen LogP contribution in [-0.4, -0.2) is 17.2 Å². The van der Waals surface area contributed by atoms with Crippen LogP contribution in [0.1, 0.15) is 43.1 Å². The summed E-state index contributed by atoms with van der Waals surface area (Å²) in [5.74, 6) is -0.0748. The number of halogens is 1. The third kappa shape index (κ3) is 2.99. The molecule has 3 nitrogen and oxygen atoms in total. The summed E-state index contributed by atoms with van der Waals surface area (Å²) in [6.45, 7) is 6.15. The van der Waals surface area contributed by atoms with E-state index >= 15 is 0 Å². The predicted molar refractivity (Wildman–Crippen MR) is 77.8 cm³/mol. The number of ether oxygens (including phenoxy) is 1. The van der Waals surface area contributed by atoms with Crippen molar-refractivity contribution in [2.45, 2.75) is 32.3 Å². The lowest BCUT2D eigenvalue weighted by Crippen LogP contribution is -2.11. The van der Waals surface area contributed by atoms with Gasteiger partial charge in [-0.3, -0.25) is 0 Å². The molecule has 0 spiro atoms. The van der Waals surface area contributed by atoms with Crippen molar-refractivity contribution < 1.29 is 14.2 Å². The number of thiazole rings is 1. The minimum absolute atomic E-state index is 0.0823. The first-order chi connectivity index (χ1) is 9.32. The van der Waals surface area contributed by atoms with Gasteiger partial charge in [0.2, 0.25) is 0 Å². The molecule has 0 saturated heterocycles. The molecule has 0 aliphatic rings. The molecule has 20 heavy (non-hydrogen) atoms. The number of rotatable bonds is 3. The van der Waals surface area contributed by atoms with E-state index in [0.29, 0.717) is 11.4 Å². The largest absolute Gasteiger partial charge is 0.497 e. The molecule has 108 valence electrons. The number of aromatic nitrogens is 1. The van der Waals surface area contributed by atoms with Gasteiger partial charge in [-0.2, -0.15) is 0 Å². The monoisotopic (exact) mass is 295 g/mol. The maximum Gasteiger partial charge on any atom is 0.133 e. The maximum absolute atomic E-state index is 13.9. The zero-order valence-electron chi connectivity index (χ0n) is 12.0. The molecule has 1 aromatic carbocycles. The van der Waals surface area contributed by atoms with E-state index < -0.39 is 11.9 Å². The number of nitrogens with zero attached hydrogens (tertiary/aromatic N) is 1. The van der Waals surface area contributed by atoms with Crippen molar-refractivity contribution in [3.05, 3.63) is 45.7 Å². The molecule has 1 unspecified atom stereocenters. The van der Waals surface area contributed by atoms with E-state index in [4.69, 9.17) is 4.74 Å². The number of hydrogen-bond acceptors (Lipinski definition) is 4. The highest BCUT2D eigenvalue weighted by Gasteiger charge is 2.23. The van der Waals surface area contributed by atoms with Gasteiger partial charge in [-0.05, 0) is 12.1 Å². The van der Waals surface area contributed by atoms with Gasteiger partial charge in [0.05, 0.1) is 17.8 Å². The molecule has 0 aliphatic carbocycles. The van der Waals surface area contributed by atoms with Crippen molar-refractivity contribution >= 4 is 11.3 Å². The summed E-state index contributed by atoms with van der Waals surface area (Å²) >= 11 is 1.47. The molecule has 1 N–H and O–H groups in total. The molecule has 0 bridgehead atoms. The van der Waals surface area contributed by atoms with Crippen LogP contribution in [0.15, 0.2) is 23.6 Å². The lowest BCUT2D eigenvalue weighted by molar-refractivity contribution is 0.210. The van der Waals surface area contributed by atoms with Gasteiger partial charge in [0.25, 0.3) is 0 Å². The third-order valence-corrected chi connectivity index (χ3v) is 4.23. The molecule has 1 aromatic heterocycles. The molecule has 1 atom stereocenters. The average molecular weight is 295 g/mol. The number of benzene rings is 1. The zero-order valence-corrected chi connectivity index (χ0v) is 12.8. The Hall–Kier alpha value is -1.46. The van der Waals surface area contributed by atoms with Crippen LogP contribution in [-0.2, 0) is 5.41 Å². The molecular weight excluding hydrogens is 277 g/mol. The molecule has 0 fully saturated rings. The lowest BCUT2D eigenvalue weighted by atomic mass is 9.98. The van der Waals surface area contributed by atoms with Crippen LogP contribution in [0.4, 0.5) is 4.39 Å². The van der Waals surface area contributed by atoms with Crippen molar-refractivity contribution in [1.29, 1.82) is 0 Å². The Morgan fingerprint density at radius 2 is 2.05 bits per heavy atom. The second-order valence-corrected chi connectivity index (χ2v) is 6.48. The Kier molecular flexibility index (Phi) is 4.11. The van der Waals surface area contributed by atoms with Crippen LogP contribution in [0.5, 0.6) is 5.75 Å². The summed E-state index contributed by atoms with van der Waals surface area (Å²) in [6.07, 6.45) is -1.06. The number of hydrogen-bond donors (Lipinski definition) is 1. The summed E-state index contributed by atoms with van der Waals surface area (Å²) in [7, 11) is 1.47. The fourth-order valence-electron chi connectivity index (χ4n) is 1.77. The minimum atomic E-state index is -1.06. The zero-order chi connectivity index (χ0) is 14.9. The van der Waals surface area contributed by atoms with Crippen LogP contribution in [0.2, 0.25) is 0 Å². The van der Waals surface area contributed by atoms with Gasteiger partial charge in [0, 0.05) is 22.4 Å². The van der Waals surface area contributed by atoms with Gasteiger partial charge < -0.3 is 9.84 Å². The van der Waals surface area contributed by atoms with E-state index in [2.05, 4.69) is 25.8 Å². The van der Waals surface area contributed by atoms with Gasteiger partial charge in [-0.15, -0.1) is 11.3 Å². The normalized spacial score (nSPS) is 13.3. The first-order valence-corrected chi connectivity index (χ1v) is 7.18. The molecule has 0 amide bonds. The highest BCUT2D eigenvalue weighted by atomic mass is 32.1. The summed E-state index contributed by atoms with van der Waals surface area (Å²) in [6, 6.07) is 4.41. The van der Waals surface area contributed by atoms with E-state index in [9.17, 15) is 9.50 Å². The highest BCUT2D eigenvalue weighted by Crippen LogP contribution is 2.31. The molecule has 5 heteroatoms. The summed E-state index contributed by atoms with van der Waals surface area (Å²) < 4.78 is 18.9. The highest BCUT2D eigenvalue weighted by molar-refractivity contribution is 7.09. The fourth-order valence-corrected chi connectivity index (χ4v) is 2.70. The molecule has 0 saturated carbocycles. The molecule has 0 aliphatic heterocycles. The van der Waals surface area contributed by atoms with Gasteiger partial charge >= 0.3 is 0 Å². The Morgan fingerprint density at radius 1 is 1.35 bits per heavy atom. The van der Waals surface area contributed by atoms with Crippen LogP contribution < -0.4 is 4.74 Å². The van der Waals surface area contributed by atoms with Crippen molar-refractivity contribution in [2.75, 3.05) is 7.11 Å². The lowest BCUT2D eigenvalue weighted by Gasteiger charge is -2.14. The first-order valence-electron chi connectivity index (χ1n) is 6.30. The molecule has 2 aromatic rings. The molecule has 2 rings (SSSR count). The topological polar surface area (TPSA) is 42.4 Å². The number of aliphatic hydroxyl groups excluding tert-OH is 1. The van der Waals surface area contributed by atoms with E-state index in [0.717, 1.165) is 5.01 Å². The van der Waals surface area contributed by atoms with E-state index in [1.807, 2.05) is 0 Å². The third-order valence-electron chi connectivity index (χ3n) is 2.95. The average Bonchev–Trinajstić information content (AvgIpc) is 2.87. The first kappa shape index (κ1) is 14.9. The predicted octanol–water partition coefficient (Wildman–Crippen LogP) is 3.67. The quantitative estimate of drug-likeness (QED) is 0.939. The van der Waals surface area contributed by atoms with Crippen molar-refractivity contribution in [1.82, 2.24) is 4.98 Å². The Balaban J connectivity index is 2.31. The standard InChI is InChI=1S/C15H18FNO2S/c1-15(2,3)14-17-12(8-20-14)13(18)10-6-5-9(19-4)7-11(10)16/h5-8,13,18H,1-4H3. The number of aliphatic hydroxyl groups is 1. The van der Waals surface area contributed by atoms with Crippen molar-refractivity contribution in [3.8, 4) is 5.75 Å². The van der Waals surface area contributed by atoms with Crippen LogP contribution in [0, 0.1) is 5.82 Å². The van der Waals surface area contributed by atoms with Gasteiger partial charge in [0.1, 0.15) is 17.7 Å². The van der Waals surface area contributed by atoms with Gasteiger partial charge in [-0.1, -0.05) is 20.8 Å². The van der Waals surface area contributed by atoms with E-state index in [1.54, 1.807) is 11.4 Å². The second-order valence-electron chi connectivity index (χ2n) is 5.62. The second kappa shape index (κ2) is 5.50. The smallest absolute Gasteiger partial charge is 0.133 e. The molecule has 1 heterocycles. The van der Waals surface area contributed by atoms with Crippen molar-refractivity contribution in [2.24, 2.45) is 0 Å². The van der Waals surface area contributed by atoms with Gasteiger partial charge in [-0.25, -0.2) is 9.37 Å². The van der Waals surface area contributed by atoms with Crippen molar-refractivity contribution in [3.63, 3.8) is 0 Å². The Labute approximate surface area is 122 Å². The van der Waals surface area contributed by atoms with Crippen LogP contribution in [0.25, 0.3) is 0 Å². The molecule has 0 radical (unpaired) electrons. The van der Waals surface area contributed by atoms with Gasteiger partial charge in [0.15, 0.2) is 0 Å².